The van der Waals surface area contributed by atoms with E-state index in [1.807, 2.05) is 0 Å². The van der Waals surface area contributed by atoms with Gasteiger partial charge in [-0.15, -0.1) is 10.2 Å². The Morgan fingerprint density at radius 1 is 1.53 bits per heavy atom. The Balaban J connectivity index is 1.89. The number of amides is 1. The van der Waals surface area contributed by atoms with Gasteiger partial charge in [-0.25, -0.2) is 0 Å². The number of hydrogen-bond donors (Lipinski definition) is 2. The maximum atomic E-state index is 12.1. The Hall–Kier alpha value is -1.01. The molecule has 2 atom stereocenters. The van der Waals surface area contributed by atoms with Gasteiger partial charge >= 0.3 is 0 Å². The third-order valence-corrected chi connectivity index (χ3v) is 4.14. The van der Waals surface area contributed by atoms with E-state index in [-0.39, 0.29) is 11.8 Å². The van der Waals surface area contributed by atoms with Crippen molar-refractivity contribution in [1.82, 2.24) is 15.5 Å². The van der Waals surface area contributed by atoms with E-state index >= 15 is 0 Å². The molecule has 1 saturated heterocycles. The van der Waals surface area contributed by atoms with Crippen LogP contribution in [0.5, 0.6) is 0 Å². The summed E-state index contributed by atoms with van der Waals surface area (Å²) < 4.78 is 0. The monoisotopic (exact) mass is 282 g/mol. The van der Waals surface area contributed by atoms with Gasteiger partial charge in [0.15, 0.2) is 0 Å². The van der Waals surface area contributed by atoms with Crippen molar-refractivity contribution < 1.29 is 4.79 Å². The van der Waals surface area contributed by atoms with E-state index in [1.54, 1.807) is 0 Å². The molecule has 1 aromatic rings. The maximum absolute atomic E-state index is 12.1. The van der Waals surface area contributed by atoms with Gasteiger partial charge in [-0.1, -0.05) is 25.2 Å². The first-order valence-corrected chi connectivity index (χ1v) is 7.73. The van der Waals surface area contributed by atoms with Gasteiger partial charge in [-0.3, -0.25) is 4.79 Å². The van der Waals surface area contributed by atoms with Gasteiger partial charge in [0.2, 0.25) is 11.0 Å². The molecule has 2 heterocycles. The molecule has 0 radical (unpaired) electrons. The van der Waals surface area contributed by atoms with E-state index in [9.17, 15) is 4.79 Å². The van der Waals surface area contributed by atoms with E-state index in [2.05, 4.69) is 41.6 Å². The predicted molar refractivity (Wildman–Crippen MR) is 77.3 cm³/mol. The highest BCUT2D eigenvalue weighted by Crippen LogP contribution is 2.22. The average molecular weight is 282 g/mol. The van der Waals surface area contributed by atoms with Gasteiger partial charge in [0, 0.05) is 18.4 Å². The molecule has 5 nitrogen and oxygen atoms in total. The summed E-state index contributed by atoms with van der Waals surface area (Å²) in [4.78, 5) is 12.1. The van der Waals surface area contributed by atoms with E-state index in [1.165, 1.54) is 11.3 Å². The fourth-order valence-corrected chi connectivity index (χ4v) is 3.27. The van der Waals surface area contributed by atoms with Crippen LogP contribution in [0.25, 0.3) is 0 Å². The summed E-state index contributed by atoms with van der Waals surface area (Å²) in [5, 5.41) is 16.0. The second kappa shape index (κ2) is 6.43. The van der Waals surface area contributed by atoms with Crippen LogP contribution < -0.4 is 10.6 Å². The number of carbonyl (C=O) groups is 1. The molecule has 19 heavy (non-hydrogen) atoms. The van der Waals surface area contributed by atoms with Crippen LogP contribution in [0.4, 0.5) is 5.13 Å². The third kappa shape index (κ3) is 4.24. The lowest BCUT2D eigenvalue weighted by molar-refractivity contribution is -0.120. The number of hydrogen-bond acceptors (Lipinski definition) is 5. The van der Waals surface area contributed by atoms with Crippen molar-refractivity contribution in [3.8, 4) is 0 Å². The fourth-order valence-electron chi connectivity index (χ4n) is 2.31. The molecule has 6 heteroatoms. The van der Waals surface area contributed by atoms with E-state index in [4.69, 9.17) is 0 Å². The quantitative estimate of drug-likeness (QED) is 0.887. The van der Waals surface area contributed by atoms with Crippen molar-refractivity contribution >= 4 is 22.4 Å². The smallest absolute Gasteiger partial charge is 0.229 e. The summed E-state index contributed by atoms with van der Waals surface area (Å²) in [6, 6.07) is 0.412. The lowest BCUT2D eigenvalue weighted by Gasteiger charge is -2.26. The largest absolute Gasteiger partial charge is 0.314 e. The van der Waals surface area contributed by atoms with Crippen molar-refractivity contribution in [2.75, 3.05) is 11.9 Å². The van der Waals surface area contributed by atoms with E-state index < -0.39 is 0 Å². The SMILES string of the molecule is CC(C)Cc1nnc(NC(=O)[C@H]2CCN[C@@H](C)C2)s1. The molecule has 0 saturated carbocycles. The zero-order valence-corrected chi connectivity index (χ0v) is 12.6. The zero-order chi connectivity index (χ0) is 13.8. The molecule has 0 aliphatic carbocycles. The van der Waals surface area contributed by atoms with Gasteiger partial charge in [0.25, 0.3) is 0 Å². The summed E-state index contributed by atoms with van der Waals surface area (Å²) in [5.74, 6) is 0.732. The molecule has 1 amide bonds. The van der Waals surface area contributed by atoms with Gasteiger partial charge in [-0.05, 0) is 32.2 Å². The first-order valence-electron chi connectivity index (χ1n) is 6.91. The second-order valence-corrected chi connectivity index (χ2v) is 6.73. The van der Waals surface area contributed by atoms with Crippen molar-refractivity contribution in [3.05, 3.63) is 5.01 Å². The normalized spacial score (nSPS) is 23.6. The average Bonchev–Trinajstić information content (AvgIpc) is 2.75. The molecule has 0 aromatic carbocycles. The first kappa shape index (κ1) is 14.4. The van der Waals surface area contributed by atoms with E-state index in [0.717, 1.165) is 30.8 Å². The van der Waals surface area contributed by atoms with Gasteiger partial charge in [0.05, 0.1) is 0 Å². The standard InChI is InChI=1S/C13H22N4OS/c1-8(2)6-11-16-17-13(19-11)15-12(18)10-4-5-14-9(3)7-10/h8-10,14H,4-7H2,1-3H3,(H,15,17,18)/t9-,10-/m0/s1. The molecule has 1 aromatic heterocycles. The fraction of sp³-hybridized carbons (Fsp3) is 0.769. The van der Waals surface area contributed by atoms with Crippen LogP contribution in [0, 0.1) is 11.8 Å². The number of nitrogens with one attached hydrogen (secondary N) is 2. The minimum absolute atomic E-state index is 0.0839. The van der Waals surface area contributed by atoms with Crippen LogP contribution in [0.3, 0.4) is 0 Å². The molecular formula is C13H22N4OS. The summed E-state index contributed by atoms with van der Waals surface area (Å²) in [6.07, 6.45) is 2.70. The molecule has 1 fully saturated rings. The van der Waals surface area contributed by atoms with Gasteiger partial charge in [-0.2, -0.15) is 0 Å². The lowest BCUT2D eigenvalue weighted by Crippen LogP contribution is -2.40. The van der Waals surface area contributed by atoms with Crippen LogP contribution in [-0.2, 0) is 11.2 Å². The Kier molecular flexibility index (Phi) is 4.87. The number of rotatable bonds is 4. The Labute approximate surface area is 118 Å². The zero-order valence-electron chi connectivity index (χ0n) is 11.8. The molecule has 2 N–H and O–H groups in total. The number of piperidine rings is 1. The topological polar surface area (TPSA) is 66.9 Å². The lowest BCUT2D eigenvalue weighted by atomic mass is 9.93. The third-order valence-electron chi connectivity index (χ3n) is 3.27. The maximum Gasteiger partial charge on any atom is 0.229 e. The highest BCUT2D eigenvalue weighted by molar-refractivity contribution is 7.15. The highest BCUT2D eigenvalue weighted by atomic mass is 32.1. The van der Waals surface area contributed by atoms with Gasteiger partial charge in [0.1, 0.15) is 5.01 Å². The molecule has 0 spiro atoms. The van der Waals surface area contributed by atoms with Crippen molar-refractivity contribution in [2.24, 2.45) is 11.8 Å². The Bertz CT molecular complexity index is 432. The van der Waals surface area contributed by atoms with Crippen molar-refractivity contribution in [3.63, 3.8) is 0 Å². The van der Waals surface area contributed by atoms with Crippen molar-refractivity contribution in [1.29, 1.82) is 0 Å². The molecule has 0 bridgehead atoms. The number of nitrogens with zero attached hydrogens (tertiary/aromatic N) is 2. The van der Waals surface area contributed by atoms with Crippen LogP contribution in [0.15, 0.2) is 0 Å². The molecule has 0 unspecified atom stereocenters. The summed E-state index contributed by atoms with van der Waals surface area (Å²) in [6.45, 7) is 7.32. The Morgan fingerprint density at radius 2 is 2.32 bits per heavy atom. The summed E-state index contributed by atoms with van der Waals surface area (Å²) in [7, 11) is 0. The number of carbonyl (C=O) groups excluding carboxylic acids is 1. The minimum Gasteiger partial charge on any atom is -0.314 e. The second-order valence-electron chi connectivity index (χ2n) is 5.66. The highest BCUT2D eigenvalue weighted by Gasteiger charge is 2.25. The number of aromatic nitrogens is 2. The van der Waals surface area contributed by atoms with Gasteiger partial charge < -0.3 is 10.6 Å². The van der Waals surface area contributed by atoms with Crippen molar-refractivity contribution in [2.45, 2.75) is 46.1 Å². The van der Waals surface area contributed by atoms with E-state index in [0.29, 0.717) is 17.1 Å². The molecule has 106 valence electrons. The molecular weight excluding hydrogens is 260 g/mol. The molecule has 1 aliphatic rings. The van der Waals surface area contributed by atoms with Crippen LogP contribution in [0.1, 0.15) is 38.6 Å². The molecule has 1 aliphatic heterocycles. The molecule has 2 rings (SSSR count). The Morgan fingerprint density at radius 3 is 3.00 bits per heavy atom. The summed E-state index contributed by atoms with van der Waals surface area (Å²) in [5.41, 5.74) is 0. The predicted octanol–water partition coefficient (Wildman–Crippen LogP) is 2.06. The summed E-state index contributed by atoms with van der Waals surface area (Å²) >= 11 is 1.48. The van der Waals surface area contributed by atoms with Crippen LogP contribution in [0.2, 0.25) is 0 Å². The van der Waals surface area contributed by atoms with Crippen LogP contribution >= 0.6 is 11.3 Å². The minimum atomic E-state index is 0.0839. The number of anilines is 1. The van der Waals surface area contributed by atoms with Crippen LogP contribution in [-0.4, -0.2) is 28.7 Å². The first-order chi connectivity index (χ1) is 9.04.